The Kier molecular flexibility index (Phi) is 27.6. The van der Waals surface area contributed by atoms with Gasteiger partial charge in [0.2, 0.25) is 0 Å². The second-order valence-electron chi connectivity index (χ2n) is 0.731. The molecule has 0 atom stereocenters. The number of nitrogens with zero attached hydrogens (tertiary/aromatic N) is 1. The SMILES string of the molecule is [C-]#N.[CH3-].[Cu].[c-]1cccs1. The van der Waals surface area contributed by atoms with Crippen molar-refractivity contribution < 1.29 is 17.1 Å². The molecule has 0 aliphatic rings. The molecule has 1 radical (unpaired) electrons. The van der Waals surface area contributed by atoms with Gasteiger partial charge in [-0.15, -0.1) is 5.38 Å². The third-order valence-corrected chi connectivity index (χ3v) is 0.944. The Morgan fingerprint density at radius 2 is 2.00 bits per heavy atom. The van der Waals surface area contributed by atoms with E-state index in [2.05, 4.69) is 5.38 Å². The Morgan fingerprint density at radius 1 is 1.44 bits per heavy atom. The predicted molar refractivity (Wildman–Crippen MR) is 34.5 cm³/mol. The molecule has 1 nitrogen and oxygen atoms in total. The average molecular weight is 188 g/mol. The molecule has 1 aromatic heterocycles. The van der Waals surface area contributed by atoms with Crippen LogP contribution in [0.15, 0.2) is 17.5 Å². The van der Waals surface area contributed by atoms with E-state index in [1.807, 2.05) is 17.5 Å². The first-order valence-corrected chi connectivity index (χ1v) is 2.50. The van der Waals surface area contributed by atoms with Crippen molar-refractivity contribution in [3.05, 3.63) is 36.9 Å². The van der Waals surface area contributed by atoms with Crippen molar-refractivity contribution in [1.82, 2.24) is 0 Å². The van der Waals surface area contributed by atoms with Crippen LogP contribution in [0, 0.1) is 24.6 Å². The first-order chi connectivity index (χ1) is 3.50. The summed E-state index contributed by atoms with van der Waals surface area (Å²) in [4.78, 5) is 0. The van der Waals surface area contributed by atoms with Gasteiger partial charge in [0, 0.05) is 17.1 Å². The average Bonchev–Trinajstić information content (AvgIpc) is 2.23. The first-order valence-electron chi connectivity index (χ1n) is 1.62. The summed E-state index contributed by atoms with van der Waals surface area (Å²) < 4.78 is 0. The van der Waals surface area contributed by atoms with Gasteiger partial charge < -0.3 is 30.6 Å². The molecule has 0 bridgehead atoms. The monoisotopic (exact) mass is 187 g/mol. The number of hydrogen-bond acceptors (Lipinski definition) is 2. The van der Waals surface area contributed by atoms with E-state index in [9.17, 15) is 0 Å². The summed E-state index contributed by atoms with van der Waals surface area (Å²) in [5.74, 6) is 0. The Hall–Kier alpha value is -0.291. The number of rotatable bonds is 0. The molecule has 0 unspecified atom stereocenters. The van der Waals surface area contributed by atoms with Gasteiger partial charge in [0.25, 0.3) is 0 Å². The first kappa shape index (κ1) is 15.9. The zero-order valence-corrected chi connectivity index (χ0v) is 6.65. The normalized spacial score (nSPS) is 4.67. The molecule has 0 N–H and O–H groups in total. The fraction of sp³-hybridized carbons (Fsp3) is 0. The molecular formula is C6H6CuNS-3. The summed E-state index contributed by atoms with van der Waals surface area (Å²) in [6.45, 7) is 4.75. The van der Waals surface area contributed by atoms with Gasteiger partial charge in [-0.05, 0) is 0 Å². The van der Waals surface area contributed by atoms with E-state index in [0.29, 0.717) is 0 Å². The molecule has 55 valence electrons. The van der Waals surface area contributed by atoms with Crippen LogP contribution in [0.5, 0.6) is 0 Å². The van der Waals surface area contributed by atoms with Gasteiger partial charge in [0.05, 0.1) is 0 Å². The molecule has 0 spiro atoms. The van der Waals surface area contributed by atoms with E-state index in [1.165, 1.54) is 0 Å². The Morgan fingerprint density at radius 3 is 2.11 bits per heavy atom. The van der Waals surface area contributed by atoms with Crippen molar-refractivity contribution in [3.8, 4) is 0 Å². The van der Waals surface area contributed by atoms with E-state index in [1.54, 1.807) is 11.3 Å². The second kappa shape index (κ2) is 15.6. The fourth-order valence-electron chi connectivity index (χ4n) is 0.196. The van der Waals surface area contributed by atoms with E-state index < -0.39 is 0 Å². The fourth-order valence-corrected chi connectivity index (χ4v) is 0.589. The summed E-state index contributed by atoms with van der Waals surface area (Å²) in [5, 5.41) is 11.1. The van der Waals surface area contributed by atoms with Gasteiger partial charge in [-0.3, -0.25) is 0 Å². The molecule has 9 heavy (non-hydrogen) atoms. The molecule has 3 heteroatoms. The molecule has 0 fully saturated rings. The van der Waals surface area contributed by atoms with Crippen molar-refractivity contribution in [3.63, 3.8) is 0 Å². The zero-order valence-electron chi connectivity index (χ0n) is 4.89. The topological polar surface area (TPSA) is 23.8 Å². The van der Waals surface area contributed by atoms with Crippen LogP contribution in [0.2, 0.25) is 0 Å². The maximum absolute atomic E-state index is 6.25. The van der Waals surface area contributed by atoms with Crippen LogP contribution < -0.4 is 0 Å². The van der Waals surface area contributed by atoms with Gasteiger partial charge in [-0.25, -0.2) is 6.07 Å². The van der Waals surface area contributed by atoms with Crippen LogP contribution in [-0.4, -0.2) is 0 Å². The van der Waals surface area contributed by atoms with Gasteiger partial charge >= 0.3 is 0 Å². The number of hydrogen-bond donors (Lipinski definition) is 0. The quantitative estimate of drug-likeness (QED) is 0.451. The summed E-state index contributed by atoms with van der Waals surface area (Å²) >= 11 is 1.59. The Bertz CT molecular complexity index is 96.6. The van der Waals surface area contributed by atoms with E-state index in [4.69, 9.17) is 11.8 Å². The molecule has 1 aromatic rings. The van der Waals surface area contributed by atoms with E-state index in [-0.39, 0.29) is 24.5 Å². The van der Waals surface area contributed by atoms with Crippen LogP contribution in [0.3, 0.4) is 0 Å². The Balaban J connectivity index is -0.0000000836. The summed E-state index contributed by atoms with van der Waals surface area (Å²) in [6.07, 6.45) is 0. The summed E-state index contributed by atoms with van der Waals surface area (Å²) in [5.41, 5.74) is 0. The van der Waals surface area contributed by atoms with Crippen LogP contribution in [0.4, 0.5) is 0 Å². The van der Waals surface area contributed by atoms with Crippen LogP contribution in [0.25, 0.3) is 0 Å². The molecular weight excluding hydrogens is 182 g/mol. The minimum Gasteiger partial charge on any atom is -0.512 e. The minimum atomic E-state index is 0. The van der Waals surface area contributed by atoms with Gasteiger partial charge in [0.15, 0.2) is 0 Å². The maximum atomic E-state index is 6.25. The summed E-state index contributed by atoms with van der Waals surface area (Å²) in [7, 11) is 0. The smallest absolute Gasteiger partial charge is 0 e. The molecule has 0 aliphatic carbocycles. The molecule has 0 saturated carbocycles. The molecule has 0 aromatic carbocycles. The van der Waals surface area contributed by atoms with Gasteiger partial charge in [-0.1, -0.05) is 0 Å². The van der Waals surface area contributed by atoms with E-state index in [0.717, 1.165) is 0 Å². The molecule has 1 heterocycles. The van der Waals surface area contributed by atoms with Crippen molar-refractivity contribution in [2.45, 2.75) is 0 Å². The van der Waals surface area contributed by atoms with Crippen LogP contribution in [0.1, 0.15) is 0 Å². The molecule has 0 saturated heterocycles. The van der Waals surface area contributed by atoms with Crippen molar-refractivity contribution in [2.75, 3.05) is 0 Å². The Labute approximate surface area is 70.8 Å². The molecule has 0 amide bonds. The molecule has 1 rings (SSSR count). The third-order valence-electron chi connectivity index (χ3n) is 0.379. The largest absolute Gasteiger partial charge is 0.512 e. The predicted octanol–water partition coefficient (Wildman–Crippen LogP) is 2.09. The standard InChI is InChI=1S/C4H3S.CN.CH3.Cu/c1-2-4-5-3-1;1-2;;/h1-3H;;1H3;/q3*-1;. The van der Waals surface area contributed by atoms with Crippen molar-refractivity contribution in [2.24, 2.45) is 0 Å². The van der Waals surface area contributed by atoms with Crippen LogP contribution >= 0.6 is 11.3 Å². The van der Waals surface area contributed by atoms with E-state index >= 15 is 0 Å². The molecule has 0 aliphatic heterocycles. The van der Waals surface area contributed by atoms with Crippen molar-refractivity contribution >= 4 is 11.3 Å². The summed E-state index contributed by atoms with van der Waals surface area (Å²) in [6, 6.07) is 3.86. The van der Waals surface area contributed by atoms with Crippen molar-refractivity contribution in [1.29, 1.82) is 5.26 Å². The second-order valence-corrected chi connectivity index (χ2v) is 1.47. The van der Waals surface area contributed by atoms with Gasteiger partial charge in [-0.2, -0.15) is 11.4 Å². The van der Waals surface area contributed by atoms with Gasteiger partial charge in [0.1, 0.15) is 0 Å². The zero-order chi connectivity index (χ0) is 5.54. The number of thiophene rings is 1. The third kappa shape index (κ3) is 11.3. The minimum absolute atomic E-state index is 0. The maximum Gasteiger partial charge on any atom is 0 e. The van der Waals surface area contributed by atoms with Crippen LogP contribution in [-0.2, 0) is 17.1 Å².